The highest BCUT2D eigenvalue weighted by atomic mass is 16.8. The van der Waals surface area contributed by atoms with Gasteiger partial charge in [-0.15, -0.1) is 6.58 Å². The lowest BCUT2D eigenvalue weighted by Gasteiger charge is -2.33. The Bertz CT molecular complexity index is 881. The van der Waals surface area contributed by atoms with Crippen molar-refractivity contribution in [1.29, 1.82) is 0 Å². The molecule has 1 N–H and O–H groups in total. The van der Waals surface area contributed by atoms with E-state index >= 15 is 0 Å². The molecule has 2 fully saturated rings. The van der Waals surface area contributed by atoms with Crippen molar-refractivity contribution in [2.75, 3.05) is 19.8 Å². The molecule has 1 aromatic carbocycles. The summed E-state index contributed by atoms with van der Waals surface area (Å²) in [6, 6.07) is 9.69. The Morgan fingerprint density at radius 2 is 1.54 bits per heavy atom. The first kappa shape index (κ1) is 33.6. The zero-order valence-corrected chi connectivity index (χ0v) is 25.0. The smallest absolute Gasteiger partial charge is 0.169 e. The molecule has 8 nitrogen and oxygen atoms in total. The number of rotatable bonds is 24. The lowest BCUT2D eigenvalue weighted by atomic mass is 9.95. The molecule has 1 aromatic rings. The van der Waals surface area contributed by atoms with Crippen molar-refractivity contribution < 1.29 is 24.1 Å². The van der Waals surface area contributed by atoms with E-state index in [1.807, 2.05) is 30.3 Å². The average molecular weight is 572 g/mol. The highest BCUT2D eigenvalue weighted by molar-refractivity contribution is 5.13. The Kier molecular flexibility index (Phi) is 16.4. The largest absolute Gasteiger partial charge is 0.390 e. The molecule has 2 aliphatic heterocycles. The lowest BCUT2D eigenvalue weighted by molar-refractivity contribution is -0.213. The van der Waals surface area contributed by atoms with Crippen LogP contribution in [0.4, 0.5) is 0 Å². The third kappa shape index (κ3) is 12.9. The molecule has 0 spiro atoms. The first-order valence-electron chi connectivity index (χ1n) is 16.1. The van der Waals surface area contributed by atoms with Gasteiger partial charge >= 0.3 is 0 Å². The van der Waals surface area contributed by atoms with Crippen molar-refractivity contribution in [3.8, 4) is 0 Å². The van der Waals surface area contributed by atoms with Gasteiger partial charge in [0.25, 0.3) is 0 Å². The van der Waals surface area contributed by atoms with Gasteiger partial charge in [0.15, 0.2) is 5.79 Å². The average Bonchev–Trinajstić information content (AvgIpc) is 3.31. The molecule has 230 valence electrons. The van der Waals surface area contributed by atoms with Crippen LogP contribution < -0.4 is 0 Å². The van der Waals surface area contributed by atoms with Crippen LogP contribution in [0.5, 0.6) is 0 Å². The first-order valence-corrected chi connectivity index (χ1v) is 16.1. The van der Waals surface area contributed by atoms with Crippen LogP contribution >= 0.6 is 0 Å². The third-order valence-corrected chi connectivity index (χ3v) is 8.25. The maximum Gasteiger partial charge on any atom is 0.169 e. The van der Waals surface area contributed by atoms with Gasteiger partial charge in [-0.2, -0.15) is 0 Å². The van der Waals surface area contributed by atoms with Crippen LogP contribution in [-0.2, 0) is 25.6 Å². The van der Waals surface area contributed by atoms with E-state index in [0.717, 1.165) is 37.7 Å². The minimum absolute atomic E-state index is 0.173. The summed E-state index contributed by atoms with van der Waals surface area (Å²) in [4.78, 5) is 2.93. The molecule has 8 heteroatoms. The maximum absolute atomic E-state index is 10.1. The Morgan fingerprint density at radius 3 is 2.17 bits per heavy atom. The van der Waals surface area contributed by atoms with Gasteiger partial charge in [-0.25, -0.2) is 0 Å². The molecule has 0 radical (unpaired) electrons. The van der Waals surface area contributed by atoms with Crippen molar-refractivity contribution in [3.05, 3.63) is 59.0 Å². The molecule has 2 bridgehead atoms. The quantitative estimate of drug-likeness (QED) is 0.0443. The Morgan fingerprint density at radius 1 is 0.927 bits per heavy atom. The van der Waals surface area contributed by atoms with Gasteiger partial charge in [0, 0.05) is 24.4 Å². The monoisotopic (exact) mass is 571 g/mol. The predicted molar refractivity (Wildman–Crippen MR) is 162 cm³/mol. The van der Waals surface area contributed by atoms with Crippen LogP contribution in [-0.4, -0.2) is 55.1 Å². The van der Waals surface area contributed by atoms with E-state index < -0.39 is 11.9 Å². The highest BCUT2D eigenvalue weighted by Gasteiger charge is 2.52. The Balaban J connectivity index is 1.05. The van der Waals surface area contributed by atoms with Crippen LogP contribution in [0.2, 0.25) is 0 Å². The maximum atomic E-state index is 10.1. The summed E-state index contributed by atoms with van der Waals surface area (Å²) in [6.07, 6.45) is 19.8. The number of aliphatic hydroxyl groups excluding tert-OH is 1. The van der Waals surface area contributed by atoms with Crippen molar-refractivity contribution in [2.24, 2.45) is 5.11 Å². The van der Waals surface area contributed by atoms with Crippen LogP contribution in [0.3, 0.4) is 0 Å². The molecule has 2 aliphatic rings. The predicted octanol–water partition coefficient (Wildman–Crippen LogP) is 8.18. The third-order valence-electron chi connectivity index (χ3n) is 8.25. The summed E-state index contributed by atoms with van der Waals surface area (Å²) in [5, 5.41) is 13.9. The summed E-state index contributed by atoms with van der Waals surface area (Å²) < 4.78 is 23.7. The van der Waals surface area contributed by atoms with Gasteiger partial charge < -0.3 is 24.1 Å². The van der Waals surface area contributed by atoms with Crippen LogP contribution in [0.15, 0.2) is 48.1 Å². The molecule has 0 unspecified atom stereocenters. The zero-order valence-electron chi connectivity index (χ0n) is 25.0. The standard InChI is InChI=1S/C33H53N3O5/c1-2-31-32-30(37)21-23-33(40-31,41-32)22-17-12-10-8-6-4-3-5-7-9-11-13-18-24-38-26-29(35-36-34)27-39-25-28-19-15-14-16-20-28/h2,14-16,19-20,29-32,37H,1,3-13,17-18,21-27H2/t29-,30+,31+,32+,33-/m0/s1. The summed E-state index contributed by atoms with van der Waals surface area (Å²) in [5.41, 5.74) is 9.90. The van der Waals surface area contributed by atoms with E-state index in [-0.39, 0.29) is 18.2 Å². The summed E-state index contributed by atoms with van der Waals surface area (Å²) in [5.74, 6) is -0.482. The number of fused-ring (bicyclic) bond motifs is 2. The normalized spacial score (nSPS) is 24.2. The summed E-state index contributed by atoms with van der Waals surface area (Å²) in [7, 11) is 0. The van der Waals surface area contributed by atoms with E-state index in [0.29, 0.717) is 26.4 Å². The molecule has 5 atom stereocenters. The molecule has 41 heavy (non-hydrogen) atoms. The molecule has 3 rings (SSSR count). The summed E-state index contributed by atoms with van der Waals surface area (Å²) >= 11 is 0. The van der Waals surface area contributed by atoms with Gasteiger partial charge in [-0.3, -0.25) is 0 Å². The Hall–Kier alpha value is -1.93. The number of hydrogen-bond acceptors (Lipinski definition) is 6. The molecule has 2 saturated heterocycles. The fourth-order valence-corrected chi connectivity index (χ4v) is 5.87. The van der Waals surface area contributed by atoms with Gasteiger partial charge in [0.2, 0.25) is 0 Å². The second kappa shape index (κ2) is 20.1. The van der Waals surface area contributed by atoms with E-state index in [4.69, 9.17) is 24.5 Å². The molecular weight excluding hydrogens is 518 g/mol. The number of nitrogens with zero attached hydrogens (tertiary/aromatic N) is 3. The fraction of sp³-hybridized carbons (Fsp3) is 0.758. The summed E-state index contributed by atoms with van der Waals surface area (Å²) in [6.45, 7) is 5.83. The van der Waals surface area contributed by atoms with E-state index in [1.165, 1.54) is 70.6 Å². The topological polar surface area (TPSA) is 106 Å². The molecule has 0 aliphatic carbocycles. The zero-order chi connectivity index (χ0) is 29.0. The minimum atomic E-state index is -0.482. The molecule has 0 aromatic heterocycles. The highest BCUT2D eigenvalue weighted by Crippen LogP contribution is 2.43. The lowest BCUT2D eigenvalue weighted by Crippen LogP contribution is -2.41. The number of azide groups is 1. The second-order valence-corrected chi connectivity index (χ2v) is 11.7. The van der Waals surface area contributed by atoms with Crippen molar-refractivity contribution in [2.45, 2.75) is 139 Å². The van der Waals surface area contributed by atoms with Gasteiger partial charge in [0.05, 0.1) is 32.0 Å². The minimum Gasteiger partial charge on any atom is -0.390 e. The second-order valence-electron chi connectivity index (χ2n) is 11.7. The van der Waals surface area contributed by atoms with Gasteiger partial charge in [-0.05, 0) is 30.4 Å². The van der Waals surface area contributed by atoms with Crippen molar-refractivity contribution >= 4 is 0 Å². The molecular formula is C33H53N3O5. The van der Waals surface area contributed by atoms with Gasteiger partial charge in [-0.1, -0.05) is 112 Å². The van der Waals surface area contributed by atoms with Crippen LogP contribution in [0.25, 0.3) is 10.4 Å². The number of benzene rings is 1. The number of unbranched alkanes of at least 4 members (excludes halogenated alkanes) is 12. The first-order chi connectivity index (χ1) is 20.2. The van der Waals surface area contributed by atoms with E-state index in [2.05, 4.69) is 16.6 Å². The van der Waals surface area contributed by atoms with Crippen molar-refractivity contribution in [1.82, 2.24) is 0 Å². The molecule has 2 heterocycles. The van der Waals surface area contributed by atoms with E-state index in [9.17, 15) is 5.11 Å². The van der Waals surface area contributed by atoms with Crippen LogP contribution in [0.1, 0.15) is 108 Å². The molecule has 0 amide bonds. The fourth-order valence-electron chi connectivity index (χ4n) is 5.87. The Labute approximate surface area is 247 Å². The van der Waals surface area contributed by atoms with E-state index in [1.54, 1.807) is 6.08 Å². The number of ether oxygens (including phenoxy) is 4. The SMILES string of the molecule is C=C[C@H]1O[C@]2(CCCCCCCCCCCCCCCOC[C@@H](COCc3ccccc3)N=[N+]=[N-])CC[C@@H](O)[C@H]1O2. The van der Waals surface area contributed by atoms with Gasteiger partial charge in [0.1, 0.15) is 12.2 Å². The van der Waals surface area contributed by atoms with Crippen molar-refractivity contribution in [3.63, 3.8) is 0 Å². The number of hydrogen-bond donors (Lipinski definition) is 1. The molecule has 0 saturated carbocycles. The van der Waals surface area contributed by atoms with Crippen LogP contribution in [0, 0.1) is 0 Å². The number of aliphatic hydroxyl groups is 1.